The van der Waals surface area contributed by atoms with Crippen LogP contribution in [-0.4, -0.2) is 79.3 Å². The molecule has 0 aliphatic carbocycles. The van der Waals surface area contributed by atoms with Crippen molar-refractivity contribution in [2.75, 3.05) is 36.8 Å². The molecule has 12 nitrogen and oxygen atoms in total. The molecule has 0 spiro atoms. The first-order valence-corrected chi connectivity index (χ1v) is 14.7. The number of nitrogens with one attached hydrogen (secondary N) is 2. The third-order valence-corrected chi connectivity index (χ3v) is 8.50. The first-order valence-electron chi connectivity index (χ1n) is 13.3. The van der Waals surface area contributed by atoms with Crippen molar-refractivity contribution in [1.29, 1.82) is 0 Å². The summed E-state index contributed by atoms with van der Waals surface area (Å²) in [6, 6.07) is 7.66. The van der Waals surface area contributed by atoms with Crippen LogP contribution in [0, 0.1) is 25.6 Å². The maximum atomic E-state index is 13.7. The molecule has 3 atom stereocenters. The predicted octanol–water partition coefficient (Wildman–Crippen LogP) is 3.62. The number of aromatic nitrogens is 1. The molecule has 1 aliphatic rings. The van der Waals surface area contributed by atoms with E-state index in [4.69, 9.17) is 9.26 Å². The Morgan fingerprint density at radius 2 is 1.93 bits per heavy atom. The molecule has 1 aromatic heterocycles. The van der Waals surface area contributed by atoms with Crippen LogP contribution in [0.3, 0.4) is 0 Å². The van der Waals surface area contributed by atoms with E-state index in [2.05, 4.69) is 15.2 Å². The summed E-state index contributed by atoms with van der Waals surface area (Å²) in [5.74, 6) is -0.634. The standard InChI is InChI=1S/C28H34FN5O7S/c1-16-13-34(17(2)15-35)27(36)23-12-21(32-42(38,39)22-9-6-20(29)7-10-22)8-11-24(23)40-25(16)14-33(5)28(37)30-26-18(3)31-41-19(26)4/h6-12,16-17,25,32,35H,13-15H2,1-5H3,(H,30,37)/t16-,17-,25-/m0/s1. The number of aliphatic hydroxyl groups excluding tert-OH is 1. The number of carbonyl (C=O) groups is 2. The summed E-state index contributed by atoms with van der Waals surface area (Å²) >= 11 is 0. The van der Waals surface area contributed by atoms with Gasteiger partial charge in [0.05, 0.1) is 29.7 Å². The number of anilines is 2. The summed E-state index contributed by atoms with van der Waals surface area (Å²) in [5, 5.41) is 16.5. The molecule has 14 heteroatoms. The first kappa shape index (κ1) is 30.8. The second-order valence-corrected chi connectivity index (χ2v) is 12.1. The molecule has 0 fully saturated rings. The van der Waals surface area contributed by atoms with Crippen LogP contribution in [0.2, 0.25) is 0 Å². The zero-order valence-corrected chi connectivity index (χ0v) is 24.7. The zero-order valence-electron chi connectivity index (χ0n) is 23.9. The Morgan fingerprint density at radius 3 is 2.55 bits per heavy atom. The summed E-state index contributed by atoms with van der Waals surface area (Å²) in [5.41, 5.74) is 1.19. The number of ether oxygens (including phenoxy) is 1. The van der Waals surface area contributed by atoms with Crippen molar-refractivity contribution in [3.05, 3.63) is 65.3 Å². The Kier molecular flexibility index (Phi) is 9.06. The number of nitrogens with zero attached hydrogens (tertiary/aromatic N) is 3. The number of aryl methyl sites for hydroxylation is 2. The van der Waals surface area contributed by atoms with Gasteiger partial charge in [-0.05, 0) is 63.2 Å². The Labute approximate surface area is 243 Å². The number of aliphatic hydroxyl groups is 1. The van der Waals surface area contributed by atoms with E-state index in [9.17, 15) is 27.5 Å². The molecule has 0 saturated heterocycles. The first-order chi connectivity index (χ1) is 19.8. The van der Waals surface area contributed by atoms with Gasteiger partial charge in [-0.15, -0.1) is 0 Å². The SMILES string of the molecule is Cc1noc(C)c1NC(=O)N(C)C[C@@H]1Oc2ccc(NS(=O)(=O)c3ccc(F)cc3)cc2C(=O)N([C@@H](C)CO)C[C@@H]1C. The molecule has 3 amide bonds. The van der Waals surface area contributed by atoms with E-state index >= 15 is 0 Å². The van der Waals surface area contributed by atoms with E-state index in [0.29, 0.717) is 17.1 Å². The number of likely N-dealkylation sites (N-methyl/N-ethyl adjacent to an activating group) is 1. The summed E-state index contributed by atoms with van der Waals surface area (Å²) < 4.78 is 52.9. The van der Waals surface area contributed by atoms with Gasteiger partial charge >= 0.3 is 6.03 Å². The topological polar surface area (TPSA) is 154 Å². The van der Waals surface area contributed by atoms with Crippen molar-refractivity contribution >= 4 is 33.3 Å². The highest BCUT2D eigenvalue weighted by molar-refractivity contribution is 7.92. The van der Waals surface area contributed by atoms with E-state index in [1.54, 1.807) is 27.8 Å². The van der Waals surface area contributed by atoms with Crippen LogP contribution in [0.15, 0.2) is 51.9 Å². The van der Waals surface area contributed by atoms with Gasteiger partial charge in [-0.3, -0.25) is 9.52 Å². The predicted molar refractivity (Wildman–Crippen MR) is 152 cm³/mol. The third kappa shape index (κ3) is 6.65. The lowest BCUT2D eigenvalue weighted by molar-refractivity contribution is 0.0371. The van der Waals surface area contributed by atoms with Crippen molar-refractivity contribution in [2.45, 2.75) is 44.7 Å². The highest BCUT2D eigenvalue weighted by Gasteiger charge is 2.34. The molecule has 4 rings (SSSR count). The van der Waals surface area contributed by atoms with Crippen LogP contribution in [0.4, 0.5) is 20.6 Å². The van der Waals surface area contributed by atoms with Gasteiger partial charge in [0, 0.05) is 25.2 Å². The molecule has 0 saturated carbocycles. The number of amides is 3. The largest absolute Gasteiger partial charge is 0.487 e. The number of sulfonamides is 1. The van der Waals surface area contributed by atoms with Gasteiger partial charge in [0.25, 0.3) is 15.9 Å². The summed E-state index contributed by atoms with van der Waals surface area (Å²) in [4.78, 5) is 29.4. The number of hydrogen-bond acceptors (Lipinski definition) is 8. The van der Waals surface area contributed by atoms with E-state index in [-0.39, 0.29) is 47.5 Å². The van der Waals surface area contributed by atoms with Crippen molar-refractivity contribution in [1.82, 2.24) is 15.0 Å². The second kappa shape index (κ2) is 12.4. The molecule has 2 aromatic carbocycles. The summed E-state index contributed by atoms with van der Waals surface area (Å²) in [6.45, 7) is 7.03. The lowest BCUT2D eigenvalue weighted by Gasteiger charge is -2.38. The fourth-order valence-electron chi connectivity index (χ4n) is 4.55. The average molecular weight is 604 g/mol. The minimum Gasteiger partial charge on any atom is -0.487 e. The number of hydrogen-bond donors (Lipinski definition) is 3. The minimum absolute atomic E-state index is 0.0781. The highest BCUT2D eigenvalue weighted by atomic mass is 32.2. The molecular formula is C28H34FN5O7S. The number of urea groups is 1. The van der Waals surface area contributed by atoms with Crippen LogP contribution >= 0.6 is 0 Å². The van der Waals surface area contributed by atoms with Crippen molar-refractivity contribution < 1.29 is 36.8 Å². The Hall–Kier alpha value is -4.17. The fourth-order valence-corrected chi connectivity index (χ4v) is 5.60. The quantitative estimate of drug-likeness (QED) is 0.353. The van der Waals surface area contributed by atoms with Gasteiger partial charge in [-0.1, -0.05) is 12.1 Å². The van der Waals surface area contributed by atoms with Gasteiger partial charge < -0.3 is 29.5 Å². The lowest BCUT2D eigenvalue weighted by atomic mass is 9.99. The number of carbonyl (C=O) groups excluding carboxylic acids is 2. The normalized spacial score (nSPS) is 17.9. The molecule has 226 valence electrons. The molecule has 0 bridgehead atoms. The molecule has 3 aromatic rings. The molecule has 0 unspecified atom stereocenters. The van der Waals surface area contributed by atoms with Gasteiger partial charge in [0.1, 0.15) is 29.1 Å². The number of rotatable bonds is 8. The Balaban J connectivity index is 1.62. The molecule has 3 N–H and O–H groups in total. The van der Waals surface area contributed by atoms with Gasteiger partial charge in [-0.25, -0.2) is 17.6 Å². The maximum absolute atomic E-state index is 13.7. The number of fused-ring (bicyclic) bond motifs is 1. The molecule has 2 heterocycles. The van der Waals surface area contributed by atoms with Crippen molar-refractivity contribution in [3.8, 4) is 5.75 Å². The fraction of sp³-hybridized carbons (Fsp3) is 0.393. The maximum Gasteiger partial charge on any atom is 0.321 e. The van der Waals surface area contributed by atoms with Crippen LogP contribution in [0.5, 0.6) is 5.75 Å². The minimum atomic E-state index is -4.08. The van der Waals surface area contributed by atoms with Crippen LogP contribution in [0.1, 0.15) is 35.7 Å². The van der Waals surface area contributed by atoms with Crippen LogP contribution < -0.4 is 14.8 Å². The van der Waals surface area contributed by atoms with E-state index in [0.717, 1.165) is 24.3 Å². The van der Waals surface area contributed by atoms with E-state index < -0.39 is 39.9 Å². The highest BCUT2D eigenvalue weighted by Crippen LogP contribution is 2.31. The van der Waals surface area contributed by atoms with E-state index in [1.807, 2.05) is 6.92 Å². The number of halogens is 1. The van der Waals surface area contributed by atoms with Crippen LogP contribution in [-0.2, 0) is 10.0 Å². The molecule has 1 aliphatic heterocycles. The second-order valence-electron chi connectivity index (χ2n) is 10.4. The molecular weight excluding hydrogens is 569 g/mol. The summed E-state index contributed by atoms with van der Waals surface area (Å²) in [7, 11) is -2.48. The lowest BCUT2D eigenvalue weighted by Crippen LogP contribution is -2.50. The van der Waals surface area contributed by atoms with Gasteiger partial charge in [0.2, 0.25) is 0 Å². The average Bonchev–Trinajstić information content (AvgIpc) is 3.26. The Bertz CT molecular complexity index is 1540. The molecule has 42 heavy (non-hydrogen) atoms. The van der Waals surface area contributed by atoms with E-state index in [1.165, 1.54) is 28.0 Å². The zero-order chi connectivity index (χ0) is 30.8. The molecule has 0 radical (unpaired) electrons. The number of benzene rings is 2. The van der Waals surface area contributed by atoms with Gasteiger partial charge in [0.15, 0.2) is 5.76 Å². The van der Waals surface area contributed by atoms with Gasteiger partial charge in [-0.2, -0.15) is 0 Å². The van der Waals surface area contributed by atoms with Crippen LogP contribution in [0.25, 0.3) is 0 Å². The third-order valence-electron chi connectivity index (χ3n) is 7.11. The van der Waals surface area contributed by atoms with Crippen molar-refractivity contribution in [3.63, 3.8) is 0 Å². The summed E-state index contributed by atoms with van der Waals surface area (Å²) in [6.07, 6.45) is -0.576. The smallest absolute Gasteiger partial charge is 0.321 e. The van der Waals surface area contributed by atoms with Crippen molar-refractivity contribution in [2.24, 2.45) is 5.92 Å². The monoisotopic (exact) mass is 603 g/mol. The Morgan fingerprint density at radius 1 is 1.24 bits per heavy atom.